The van der Waals surface area contributed by atoms with Crippen molar-refractivity contribution in [3.8, 4) is 0 Å². The lowest BCUT2D eigenvalue weighted by Crippen LogP contribution is -2.38. The molecule has 1 aromatic rings. The molecule has 5 nitrogen and oxygen atoms in total. The summed E-state index contributed by atoms with van der Waals surface area (Å²) in [5.41, 5.74) is 0.585. The molecule has 2 aliphatic rings. The van der Waals surface area contributed by atoms with Crippen LogP contribution in [-0.4, -0.2) is 42.3 Å². The normalized spacial score (nSPS) is 27.5. The predicted molar refractivity (Wildman–Crippen MR) is 105 cm³/mol. The molecule has 0 radical (unpaired) electrons. The van der Waals surface area contributed by atoms with Crippen LogP contribution >= 0.6 is 35.0 Å². The molecule has 0 saturated carbocycles. The van der Waals surface area contributed by atoms with Gasteiger partial charge >= 0.3 is 0 Å². The van der Waals surface area contributed by atoms with Gasteiger partial charge < -0.3 is 4.90 Å². The molecule has 0 unspecified atom stereocenters. The van der Waals surface area contributed by atoms with E-state index >= 15 is 0 Å². The second kappa shape index (κ2) is 7.10. The molecule has 0 spiro atoms. The van der Waals surface area contributed by atoms with Crippen LogP contribution in [0.4, 0.5) is 5.69 Å². The van der Waals surface area contributed by atoms with Crippen LogP contribution in [0.15, 0.2) is 23.2 Å². The monoisotopic (exact) mass is 420 g/mol. The van der Waals surface area contributed by atoms with Gasteiger partial charge in [0, 0.05) is 16.2 Å². The molecule has 0 aromatic heterocycles. The zero-order valence-electron chi connectivity index (χ0n) is 13.8. The van der Waals surface area contributed by atoms with Crippen molar-refractivity contribution in [1.29, 1.82) is 0 Å². The lowest BCUT2D eigenvalue weighted by molar-refractivity contribution is -0.121. The molecular formula is C16H18Cl2N2O3S2. The number of halogens is 2. The first-order chi connectivity index (χ1) is 11.7. The fourth-order valence-corrected chi connectivity index (χ4v) is 7.18. The average molecular weight is 421 g/mol. The first-order valence-corrected chi connectivity index (χ1v) is 11.4. The molecule has 136 valence electrons. The number of amides is 1. The summed E-state index contributed by atoms with van der Waals surface area (Å²) in [4.78, 5) is 18.3. The molecular weight excluding hydrogens is 403 g/mol. The van der Waals surface area contributed by atoms with Crippen molar-refractivity contribution in [3.05, 3.63) is 28.2 Å². The summed E-state index contributed by atoms with van der Waals surface area (Å²) in [5.74, 6) is -0.303. The maximum absolute atomic E-state index is 12.3. The molecule has 1 amide bonds. The maximum atomic E-state index is 12.3. The van der Waals surface area contributed by atoms with Gasteiger partial charge in [-0.25, -0.2) is 8.42 Å². The van der Waals surface area contributed by atoms with E-state index in [1.807, 2.05) is 13.8 Å². The Kier molecular flexibility index (Phi) is 5.40. The highest BCUT2D eigenvalue weighted by atomic mass is 35.5. The molecule has 0 bridgehead atoms. The predicted octanol–water partition coefficient (Wildman–Crippen LogP) is 3.64. The van der Waals surface area contributed by atoms with Gasteiger partial charge in [-0.2, -0.15) is 4.99 Å². The minimum absolute atomic E-state index is 0.0179. The fourth-order valence-electron chi connectivity index (χ4n) is 2.90. The van der Waals surface area contributed by atoms with Gasteiger partial charge in [0.15, 0.2) is 15.0 Å². The van der Waals surface area contributed by atoms with E-state index in [1.54, 1.807) is 23.1 Å². The average Bonchev–Trinajstić information content (AvgIpc) is 3.00. The quantitative estimate of drug-likeness (QED) is 0.746. The third-order valence-corrected chi connectivity index (χ3v) is 8.24. The van der Waals surface area contributed by atoms with Crippen LogP contribution in [0.2, 0.25) is 10.0 Å². The van der Waals surface area contributed by atoms with Crippen molar-refractivity contribution in [3.63, 3.8) is 0 Å². The van der Waals surface area contributed by atoms with Crippen molar-refractivity contribution >= 4 is 61.6 Å². The molecule has 2 fully saturated rings. The number of aliphatic imine (C=N–C) groups is 1. The summed E-state index contributed by atoms with van der Waals surface area (Å²) >= 11 is 13.8. The van der Waals surface area contributed by atoms with Crippen LogP contribution in [0, 0.1) is 5.92 Å². The second-order valence-electron chi connectivity index (χ2n) is 6.31. The van der Waals surface area contributed by atoms with E-state index in [-0.39, 0.29) is 34.6 Å². The summed E-state index contributed by atoms with van der Waals surface area (Å²) in [6, 6.07) is 4.71. The van der Waals surface area contributed by atoms with E-state index in [0.717, 1.165) is 0 Å². The number of hydrogen-bond donors (Lipinski definition) is 0. The molecule has 2 saturated heterocycles. The Hall–Kier alpha value is -0.760. The van der Waals surface area contributed by atoms with Crippen molar-refractivity contribution in [2.45, 2.75) is 31.6 Å². The Balaban J connectivity index is 2.05. The lowest BCUT2D eigenvalue weighted by atomic mass is 10.1. The van der Waals surface area contributed by atoms with Gasteiger partial charge in [-0.05, 0) is 24.6 Å². The van der Waals surface area contributed by atoms with Gasteiger partial charge in [-0.3, -0.25) is 4.79 Å². The zero-order valence-corrected chi connectivity index (χ0v) is 16.9. The molecule has 3 atom stereocenters. The molecule has 25 heavy (non-hydrogen) atoms. The van der Waals surface area contributed by atoms with Crippen LogP contribution < -0.4 is 4.90 Å². The minimum Gasteiger partial charge on any atom is -0.314 e. The van der Waals surface area contributed by atoms with Gasteiger partial charge in [0.2, 0.25) is 0 Å². The highest BCUT2D eigenvalue weighted by Crippen LogP contribution is 2.43. The van der Waals surface area contributed by atoms with Crippen LogP contribution in [0.3, 0.4) is 0 Å². The number of nitrogens with zero attached hydrogens (tertiary/aromatic N) is 2. The third-order valence-electron chi connectivity index (χ3n) is 4.47. The van der Waals surface area contributed by atoms with Gasteiger partial charge in [0.1, 0.15) is 0 Å². The largest absolute Gasteiger partial charge is 0.314 e. The SMILES string of the molecule is CC[C@H](C)C(=O)N=C1S[C@@H]2CS(=O)(=O)C[C@H]2N1c1cc(Cl)ccc1Cl. The number of carbonyl (C=O) groups is 1. The number of amidine groups is 1. The molecule has 1 aromatic carbocycles. The number of sulfone groups is 1. The zero-order chi connectivity index (χ0) is 18.4. The summed E-state index contributed by atoms with van der Waals surface area (Å²) in [5, 5.41) is 1.27. The van der Waals surface area contributed by atoms with E-state index in [0.29, 0.717) is 27.3 Å². The number of hydrogen-bond acceptors (Lipinski definition) is 4. The Morgan fingerprint density at radius 2 is 2.12 bits per heavy atom. The first kappa shape index (κ1) is 19.0. The number of anilines is 1. The smallest absolute Gasteiger partial charge is 0.250 e. The Morgan fingerprint density at radius 3 is 2.80 bits per heavy atom. The lowest BCUT2D eigenvalue weighted by Gasteiger charge is -2.25. The van der Waals surface area contributed by atoms with Crippen LogP contribution in [-0.2, 0) is 14.6 Å². The highest BCUT2D eigenvalue weighted by molar-refractivity contribution is 8.16. The number of thioether (sulfide) groups is 1. The van der Waals surface area contributed by atoms with Crippen LogP contribution in [0.25, 0.3) is 0 Å². The van der Waals surface area contributed by atoms with E-state index in [1.165, 1.54) is 11.8 Å². The van der Waals surface area contributed by atoms with Gasteiger partial charge in [-0.15, -0.1) is 0 Å². The summed E-state index contributed by atoms with van der Waals surface area (Å²) < 4.78 is 24.1. The summed E-state index contributed by atoms with van der Waals surface area (Å²) in [7, 11) is -3.12. The Morgan fingerprint density at radius 1 is 1.40 bits per heavy atom. The van der Waals surface area contributed by atoms with Crippen molar-refractivity contribution < 1.29 is 13.2 Å². The topological polar surface area (TPSA) is 66.8 Å². The Bertz CT molecular complexity index is 842. The maximum Gasteiger partial charge on any atom is 0.250 e. The molecule has 9 heteroatoms. The summed E-state index contributed by atoms with van der Waals surface area (Å²) in [6.07, 6.45) is 0.694. The highest BCUT2D eigenvalue weighted by Gasteiger charge is 2.49. The molecule has 0 aliphatic carbocycles. The van der Waals surface area contributed by atoms with Crippen molar-refractivity contribution in [2.75, 3.05) is 16.4 Å². The Labute approximate surface area is 161 Å². The van der Waals surface area contributed by atoms with Crippen LogP contribution in [0.5, 0.6) is 0 Å². The standard InChI is InChI=1S/C16H18Cl2N2O3S2/c1-3-9(2)15(21)19-16-20(12-6-10(17)4-5-11(12)18)13-7-25(22,23)8-14(13)24-16/h4-6,9,13-14H,3,7-8H2,1-2H3/t9-,13+,14+/m0/s1. The molecule has 0 N–H and O–H groups in total. The fraction of sp³-hybridized carbons (Fsp3) is 0.500. The van der Waals surface area contributed by atoms with Gasteiger partial charge in [0.05, 0.1) is 28.3 Å². The number of carbonyl (C=O) groups excluding carboxylic acids is 1. The third kappa shape index (κ3) is 3.84. The van der Waals surface area contributed by atoms with Crippen molar-refractivity contribution in [1.82, 2.24) is 0 Å². The number of rotatable bonds is 3. The van der Waals surface area contributed by atoms with E-state index < -0.39 is 9.84 Å². The van der Waals surface area contributed by atoms with E-state index in [2.05, 4.69) is 4.99 Å². The number of fused-ring (bicyclic) bond motifs is 1. The summed E-state index contributed by atoms with van der Waals surface area (Å²) in [6.45, 7) is 3.76. The number of benzene rings is 1. The molecule has 2 aliphatic heterocycles. The van der Waals surface area contributed by atoms with E-state index in [4.69, 9.17) is 23.2 Å². The molecule has 2 heterocycles. The van der Waals surface area contributed by atoms with E-state index in [9.17, 15) is 13.2 Å². The van der Waals surface area contributed by atoms with Gasteiger partial charge in [0.25, 0.3) is 5.91 Å². The van der Waals surface area contributed by atoms with Gasteiger partial charge in [-0.1, -0.05) is 48.8 Å². The van der Waals surface area contributed by atoms with Crippen LogP contribution in [0.1, 0.15) is 20.3 Å². The molecule has 3 rings (SSSR count). The second-order valence-corrected chi connectivity index (χ2v) is 10.5. The first-order valence-electron chi connectivity index (χ1n) is 7.95. The van der Waals surface area contributed by atoms with Crippen molar-refractivity contribution in [2.24, 2.45) is 10.9 Å². The minimum atomic E-state index is -3.12.